The highest BCUT2D eigenvalue weighted by atomic mass is 16.6. The Morgan fingerprint density at radius 3 is 1.49 bits per heavy atom. The minimum absolute atomic E-state index is 0.0840. The number of rotatable bonds is 6. The molecule has 7 N–H and O–H groups in total. The van der Waals surface area contributed by atoms with E-state index in [0.29, 0.717) is 0 Å². The molecular weight excluding hydrogens is 640 g/mol. The third-order valence-electron chi connectivity index (χ3n) is 6.42. The molecule has 16 nitrogen and oxygen atoms in total. The van der Waals surface area contributed by atoms with Gasteiger partial charge >= 0.3 is 29.8 Å². The number of carbonyl (C=O) groups excluding carboxylic acids is 7. The second-order valence-corrected chi connectivity index (χ2v) is 12.8. The van der Waals surface area contributed by atoms with E-state index in [1.54, 1.807) is 41.5 Å². The van der Waals surface area contributed by atoms with Crippen LogP contribution in [0, 0.1) is 0 Å². The predicted octanol–water partition coefficient (Wildman–Crippen LogP) is 1.23. The topological polar surface area (TPSA) is 233 Å². The van der Waals surface area contributed by atoms with Crippen LogP contribution in [0.1, 0.15) is 72.4 Å². The fraction of sp³-hybridized carbons (Fsp3) is 0.424. The molecule has 5 amide bonds. The molecule has 2 aromatic carbocycles. The Kier molecular flexibility index (Phi) is 13.8. The van der Waals surface area contributed by atoms with Gasteiger partial charge in [-0.05, 0) is 77.6 Å². The number of esters is 2. The summed E-state index contributed by atoms with van der Waals surface area (Å²) in [6.45, 7) is 12.6. The number of amides is 5. The van der Waals surface area contributed by atoms with E-state index in [4.69, 9.17) is 20.1 Å². The van der Waals surface area contributed by atoms with Gasteiger partial charge in [0.15, 0.2) is 0 Å². The van der Waals surface area contributed by atoms with Gasteiger partial charge in [-0.25, -0.2) is 25.7 Å². The molecule has 0 aromatic heterocycles. The number of benzene rings is 2. The number of hydrogen-bond donors (Lipinski definition) is 6. The molecule has 49 heavy (non-hydrogen) atoms. The Balaban J connectivity index is 0.000000440. The third-order valence-corrected chi connectivity index (χ3v) is 6.42. The fourth-order valence-corrected chi connectivity index (χ4v) is 4.27. The first kappa shape index (κ1) is 39.7. The zero-order valence-corrected chi connectivity index (χ0v) is 28.7. The average Bonchev–Trinajstić information content (AvgIpc) is 3.34. The standard InChI is InChI=1S/C24H27N3O6.C9H17N3O4/c1-14(25-21(29)22(30)33-24(2,3)4)20(28)26-27-23(31)32-13-19-17-11-7-5-9-15(17)16-10-6-8-12-18(16)19;1-5(6(13)12-10)11-7(14)8(15)16-9(2,3)4/h5-12,14,19H,13H2,1-4H3,(H,25,29)(H,26,28)(H,27,31);5H,10H2,1-4H3,(H,11,14)(H,12,13)/t14-;5-/m00/s1. The molecule has 0 radical (unpaired) electrons. The second kappa shape index (κ2) is 17.1. The molecule has 0 saturated carbocycles. The quantitative estimate of drug-likeness (QED) is 0.0632. The van der Waals surface area contributed by atoms with E-state index in [-0.39, 0.29) is 12.5 Å². The largest absolute Gasteiger partial charge is 0.453 e. The van der Waals surface area contributed by atoms with Gasteiger partial charge in [0.1, 0.15) is 29.9 Å². The number of ether oxygens (including phenoxy) is 3. The van der Waals surface area contributed by atoms with Crippen molar-refractivity contribution in [2.24, 2.45) is 5.84 Å². The van der Waals surface area contributed by atoms with Crippen LogP contribution in [0.3, 0.4) is 0 Å². The Bertz CT molecular complexity index is 1520. The van der Waals surface area contributed by atoms with Crippen LogP contribution >= 0.6 is 0 Å². The molecule has 0 bridgehead atoms. The predicted molar refractivity (Wildman–Crippen MR) is 176 cm³/mol. The van der Waals surface area contributed by atoms with Crippen LogP contribution in [0.5, 0.6) is 0 Å². The smallest absolute Gasteiger partial charge is 0.426 e. The first-order chi connectivity index (χ1) is 22.7. The molecule has 266 valence electrons. The zero-order chi connectivity index (χ0) is 37.1. The van der Waals surface area contributed by atoms with E-state index >= 15 is 0 Å². The molecule has 1 aliphatic rings. The van der Waals surface area contributed by atoms with E-state index in [2.05, 4.69) is 21.5 Å². The van der Waals surface area contributed by atoms with E-state index in [9.17, 15) is 33.6 Å². The van der Waals surface area contributed by atoms with Gasteiger partial charge < -0.3 is 24.8 Å². The van der Waals surface area contributed by atoms with E-state index in [1.165, 1.54) is 13.8 Å². The number of carbonyl (C=O) groups is 7. The normalized spacial score (nSPS) is 13.0. The number of hydrazine groups is 2. The van der Waals surface area contributed by atoms with Crippen molar-refractivity contribution in [1.29, 1.82) is 0 Å². The molecule has 3 rings (SSSR count). The Labute approximate surface area is 284 Å². The van der Waals surface area contributed by atoms with Crippen molar-refractivity contribution >= 4 is 41.7 Å². The fourth-order valence-electron chi connectivity index (χ4n) is 4.27. The van der Waals surface area contributed by atoms with Crippen molar-refractivity contribution in [3.63, 3.8) is 0 Å². The van der Waals surface area contributed by atoms with Crippen molar-refractivity contribution in [3.05, 3.63) is 59.7 Å². The van der Waals surface area contributed by atoms with E-state index < -0.39 is 64.9 Å². The van der Waals surface area contributed by atoms with Gasteiger partial charge in [-0.15, -0.1) is 0 Å². The number of nitrogens with one attached hydrogen (secondary N) is 5. The van der Waals surface area contributed by atoms with Crippen LogP contribution in [0.4, 0.5) is 4.79 Å². The molecule has 2 atom stereocenters. The first-order valence-corrected chi connectivity index (χ1v) is 15.2. The highest BCUT2D eigenvalue weighted by Crippen LogP contribution is 2.44. The summed E-state index contributed by atoms with van der Waals surface area (Å²) in [6, 6.07) is 13.9. The summed E-state index contributed by atoms with van der Waals surface area (Å²) in [6.07, 6.45) is -0.851. The van der Waals surface area contributed by atoms with Crippen molar-refractivity contribution in [1.82, 2.24) is 26.9 Å². The molecule has 16 heteroatoms. The monoisotopic (exact) mass is 684 g/mol. The lowest BCUT2D eigenvalue weighted by atomic mass is 9.98. The summed E-state index contributed by atoms with van der Waals surface area (Å²) in [5.74, 6) is -0.781. The maximum atomic E-state index is 12.1. The van der Waals surface area contributed by atoms with Gasteiger partial charge in [0.25, 0.3) is 11.8 Å². The van der Waals surface area contributed by atoms with Crippen molar-refractivity contribution in [2.45, 2.75) is 84.6 Å². The lowest BCUT2D eigenvalue weighted by Crippen LogP contribution is -2.52. The summed E-state index contributed by atoms with van der Waals surface area (Å²) in [7, 11) is 0. The van der Waals surface area contributed by atoms with Crippen molar-refractivity contribution < 1.29 is 47.8 Å². The van der Waals surface area contributed by atoms with Crippen LogP contribution in [0.15, 0.2) is 48.5 Å². The molecule has 0 heterocycles. The van der Waals surface area contributed by atoms with Crippen LogP contribution in [0.25, 0.3) is 11.1 Å². The number of nitrogens with two attached hydrogens (primary N) is 1. The summed E-state index contributed by atoms with van der Waals surface area (Å²) in [5, 5.41) is 4.35. The van der Waals surface area contributed by atoms with E-state index in [0.717, 1.165) is 22.3 Å². The van der Waals surface area contributed by atoms with Crippen LogP contribution in [0.2, 0.25) is 0 Å². The number of hydrogen-bond acceptors (Lipinski definition) is 11. The second-order valence-electron chi connectivity index (χ2n) is 12.8. The van der Waals surface area contributed by atoms with Gasteiger partial charge in [0.2, 0.25) is 0 Å². The minimum atomic E-state index is -1.10. The first-order valence-electron chi connectivity index (χ1n) is 15.2. The molecule has 0 unspecified atom stereocenters. The highest BCUT2D eigenvalue weighted by molar-refractivity contribution is 6.33. The summed E-state index contributed by atoms with van der Waals surface area (Å²) in [4.78, 5) is 81.2. The summed E-state index contributed by atoms with van der Waals surface area (Å²) < 4.78 is 15.1. The summed E-state index contributed by atoms with van der Waals surface area (Å²) in [5.41, 5.74) is 8.89. The molecule has 1 aliphatic carbocycles. The molecule has 0 fully saturated rings. The minimum Gasteiger partial charge on any atom is -0.453 e. The average molecular weight is 685 g/mol. The lowest BCUT2D eigenvalue weighted by molar-refractivity contribution is -0.164. The molecule has 0 spiro atoms. The molecule has 0 aliphatic heterocycles. The molecule has 0 saturated heterocycles. The highest BCUT2D eigenvalue weighted by Gasteiger charge is 2.30. The van der Waals surface area contributed by atoms with Gasteiger partial charge in [-0.1, -0.05) is 48.5 Å². The van der Waals surface area contributed by atoms with Crippen molar-refractivity contribution in [3.8, 4) is 11.1 Å². The molecular formula is C33H44N6O10. The van der Waals surface area contributed by atoms with Crippen LogP contribution in [-0.4, -0.2) is 71.6 Å². The maximum Gasteiger partial charge on any atom is 0.426 e. The lowest BCUT2D eigenvalue weighted by Gasteiger charge is -2.20. The van der Waals surface area contributed by atoms with E-state index in [1.807, 2.05) is 54.0 Å². The maximum absolute atomic E-state index is 12.1. The van der Waals surface area contributed by atoms with Gasteiger partial charge in [0.05, 0.1) is 0 Å². The van der Waals surface area contributed by atoms with Gasteiger partial charge in [-0.2, -0.15) is 0 Å². The third kappa shape index (κ3) is 12.6. The molecule has 2 aromatic rings. The van der Waals surface area contributed by atoms with Crippen molar-refractivity contribution in [2.75, 3.05) is 6.61 Å². The van der Waals surface area contributed by atoms with Gasteiger partial charge in [-0.3, -0.25) is 30.0 Å². The Hall–Kier alpha value is -5.51. The SMILES string of the molecule is C[C@H](NC(=O)C(=O)OC(C)(C)C)C(=O)NN.C[C@H](NC(=O)C(=O)OC(C)(C)C)C(=O)NNC(=O)OCC1c2ccccc2-c2ccccc21. The number of fused-ring (bicyclic) bond motifs is 3. The van der Waals surface area contributed by atoms with Crippen LogP contribution in [-0.2, 0) is 43.0 Å². The summed E-state index contributed by atoms with van der Waals surface area (Å²) >= 11 is 0. The van der Waals surface area contributed by atoms with Gasteiger partial charge in [0, 0.05) is 5.92 Å². The van der Waals surface area contributed by atoms with Crippen LogP contribution < -0.4 is 32.8 Å². The Morgan fingerprint density at radius 2 is 1.08 bits per heavy atom. The Morgan fingerprint density at radius 1 is 0.673 bits per heavy atom. The zero-order valence-electron chi connectivity index (χ0n) is 28.7.